The molecule has 130 valence electrons. The molecule has 0 aromatic heterocycles. The van der Waals surface area contributed by atoms with E-state index in [4.69, 9.17) is 32.7 Å². The van der Waals surface area contributed by atoms with Gasteiger partial charge in [-0.3, -0.25) is 9.59 Å². The zero-order chi connectivity index (χ0) is 17.8. The summed E-state index contributed by atoms with van der Waals surface area (Å²) < 4.78 is 10.4. The molecule has 1 aliphatic heterocycles. The minimum absolute atomic E-state index is 0.151. The van der Waals surface area contributed by atoms with Crippen LogP contribution in [-0.2, 0) is 0 Å². The van der Waals surface area contributed by atoms with Gasteiger partial charge in [-0.2, -0.15) is 0 Å². The Morgan fingerprint density at radius 2 is 1.64 bits per heavy atom. The predicted octanol–water partition coefficient (Wildman–Crippen LogP) is 2.88. The first-order valence-electron chi connectivity index (χ1n) is 7.45. The summed E-state index contributed by atoms with van der Waals surface area (Å²) in [5, 5.41) is 6.12. The average molecular weight is 381 g/mol. The summed E-state index contributed by atoms with van der Waals surface area (Å²) >= 11 is 11.8. The van der Waals surface area contributed by atoms with Gasteiger partial charge in [-0.05, 0) is 36.4 Å². The number of ether oxygens (including phenoxy) is 2. The van der Waals surface area contributed by atoms with Crippen LogP contribution in [0, 0.1) is 0 Å². The normalized spacial score (nSPS) is 11.9. The molecule has 3 rings (SSSR count). The molecule has 1 heterocycles. The monoisotopic (exact) mass is 380 g/mol. The number of hydrogen-bond donors (Lipinski definition) is 2. The van der Waals surface area contributed by atoms with E-state index in [2.05, 4.69) is 10.6 Å². The molecule has 2 N–H and O–H groups in total. The molecule has 0 unspecified atom stereocenters. The van der Waals surface area contributed by atoms with Gasteiger partial charge >= 0.3 is 0 Å². The minimum Gasteiger partial charge on any atom is -0.454 e. The Labute approximate surface area is 154 Å². The fourth-order valence-electron chi connectivity index (χ4n) is 2.26. The molecule has 25 heavy (non-hydrogen) atoms. The Morgan fingerprint density at radius 3 is 2.44 bits per heavy atom. The molecule has 1 aliphatic rings. The van der Waals surface area contributed by atoms with Gasteiger partial charge in [0.25, 0.3) is 11.8 Å². The maximum absolute atomic E-state index is 12.1. The topological polar surface area (TPSA) is 76.7 Å². The van der Waals surface area contributed by atoms with E-state index < -0.39 is 0 Å². The van der Waals surface area contributed by atoms with Crippen LogP contribution in [0.3, 0.4) is 0 Å². The predicted molar refractivity (Wildman–Crippen MR) is 93.7 cm³/mol. The van der Waals surface area contributed by atoms with E-state index in [1.54, 1.807) is 30.3 Å². The molecule has 0 fully saturated rings. The van der Waals surface area contributed by atoms with Crippen LogP contribution < -0.4 is 20.1 Å². The molecule has 2 aromatic rings. The number of fused-ring (bicyclic) bond motifs is 1. The molecule has 0 saturated heterocycles. The summed E-state index contributed by atoms with van der Waals surface area (Å²) in [6.45, 7) is 0.660. The third kappa shape index (κ3) is 4.15. The lowest BCUT2D eigenvalue weighted by Gasteiger charge is -2.09. The lowest BCUT2D eigenvalue weighted by Crippen LogP contribution is -2.34. The van der Waals surface area contributed by atoms with Crippen molar-refractivity contribution in [3.8, 4) is 11.5 Å². The maximum Gasteiger partial charge on any atom is 0.252 e. The zero-order valence-electron chi connectivity index (χ0n) is 13.0. The number of nitrogens with one attached hydrogen (secondary N) is 2. The first-order valence-corrected chi connectivity index (χ1v) is 8.21. The van der Waals surface area contributed by atoms with Crippen molar-refractivity contribution in [2.75, 3.05) is 19.9 Å². The van der Waals surface area contributed by atoms with Crippen molar-refractivity contribution in [1.29, 1.82) is 0 Å². The second kappa shape index (κ2) is 7.63. The van der Waals surface area contributed by atoms with Gasteiger partial charge in [0.15, 0.2) is 11.5 Å². The fourth-order valence-corrected chi connectivity index (χ4v) is 2.63. The Morgan fingerprint density at radius 1 is 0.920 bits per heavy atom. The molecule has 0 aliphatic carbocycles. The fraction of sp³-hybridized carbons (Fsp3) is 0.176. The van der Waals surface area contributed by atoms with Crippen LogP contribution in [0.4, 0.5) is 0 Å². The molecule has 0 saturated carbocycles. The number of carbonyl (C=O) groups excluding carboxylic acids is 2. The van der Waals surface area contributed by atoms with Crippen LogP contribution in [-0.4, -0.2) is 31.7 Å². The number of halogens is 2. The van der Waals surface area contributed by atoms with Crippen molar-refractivity contribution < 1.29 is 19.1 Å². The van der Waals surface area contributed by atoms with Gasteiger partial charge in [-0.15, -0.1) is 0 Å². The number of rotatable bonds is 5. The third-order valence-corrected chi connectivity index (χ3v) is 4.07. The van der Waals surface area contributed by atoms with Crippen LogP contribution in [0.5, 0.6) is 11.5 Å². The van der Waals surface area contributed by atoms with Gasteiger partial charge in [0.2, 0.25) is 6.79 Å². The smallest absolute Gasteiger partial charge is 0.252 e. The van der Waals surface area contributed by atoms with E-state index in [9.17, 15) is 9.59 Å². The Hall–Kier alpha value is -2.44. The summed E-state index contributed by atoms with van der Waals surface area (Å²) in [4.78, 5) is 24.2. The lowest BCUT2D eigenvalue weighted by molar-refractivity contribution is 0.0927. The highest BCUT2D eigenvalue weighted by atomic mass is 35.5. The van der Waals surface area contributed by atoms with Crippen molar-refractivity contribution in [2.45, 2.75) is 0 Å². The highest BCUT2D eigenvalue weighted by molar-refractivity contribution is 6.35. The Balaban J connectivity index is 1.49. The molecule has 2 aromatic carbocycles. The number of amides is 2. The van der Waals surface area contributed by atoms with E-state index >= 15 is 0 Å². The van der Waals surface area contributed by atoms with Crippen LogP contribution in [0.1, 0.15) is 20.7 Å². The lowest BCUT2D eigenvalue weighted by atomic mass is 10.2. The summed E-state index contributed by atoms with van der Waals surface area (Å²) in [5.41, 5.74) is 0.740. The first kappa shape index (κ1) is 17.4. The highest BCUT2D eigenvalue weighted by Gasteiger charge is 2.16. The molecular formula is C17H14Cl2N2O4. The van der Waals surface area contributed by atoms with Gasteiger partial charge < -0.3 is 20.1 Å². The summed E-state index contributed by atoms with van der Waals surface area (Å²) in [5.74, 6) is 0.525. The van der Waals surface area contributed by atoms with Crippen LogP contribution in [0.15, 0.2) is 36.4 Å². The highest BCUT2D eigenvalue weighted by Crippen LogP contribution is 2.32. The van der Waals surface area contributed by atoms with E-state index in [0.717, 1.165) is 0 Å². The van der Waals surface area contributed by atoms with E-state index in [-0.39, 0.29) is 37.3 Å². The van der Waals surface area contributed by atoms with Crippen LogP contribution in [0.2, 0.25) is 10.0 Å². The van der Waals surface area contributed by atoms with E-state index in [0.29, 0.717) is 27.1 Å². The van der Waals surface area contributed by atoms with Crippen LogP contribution in [0.25, 0.3) is 0 Å². The van der Waals surface area contributed by atoms with Crippen molar-refractivity contribution in [2.24, 2.45) is 0 Å². The molecule has 0 bridgehead atoms. The van der Waals surface area contributed by atoms with Gasteiger partial charge in [0.1, 0.15) is 0 Å². The van der Waals surface area contributed by atoms with Crippen molar-refractivity contribution in [3.63, 3.8) is 0 Å². The quantitative estimate of drug-likeness (QED) is 0.781. The summed E-state index contributed by atoms with van der Waals surface area (Å²) in [6, 6.07) is 9.59. The Bertz CT molecular complexity index is 826. The zero-order valence-corrected chi connectivity index (χ0v) is 14.5. The van der Waals surface area contributed by atoms with Gasteiger partial charge in [-0.1, -0.05) is 23.2 Å². The molecule has 0 atom stereocenters. The molecule has 2 amide bonds. The van der Waals surface area contributed by atoms with Gasteiger partial charge in [-0.25, -0.2) is 0 Å². The summed E-state index contributed by atoms with van der Waals surface area (Å²) in [7, 11) is 0. The van der Waals surface area contributed by atoms with Crippen LogP contribution >= 0.6 is 23.2 Å². The van der Waals surface area contributed by atoms with Crippen molar-refractivity contribution >= 4 is 35.0 Å². The summed E-state index contributed by atoms with van der Waals surface area (Å²) in [6.07, 6.45) is 0. The average Bonchev–Trinajstić information content (AvgIpc) is 3.08. The van der Waals surface area contributed by atoms with Gasteiger partial charge in [0.05, 0.1) is 10.6 Å². The van der Waals surface area contributed by atoms with E-state index in [1.165, 1.54) is 6.07 Å². The first-order chi connectivity index (χ1) is 12.0. The third-order valence-electron chi connectivity index (χ3n) is 3.50. The second-order valence-electron chi connectivity index (χ2n) is 5.20. The minimum atomic E-state index is -0.357. The van der Waals surface area contributed by atoms with E-state index in [1.807, 2.05) is 0 Å². The molecule has 0 spiro atoms. The number of hydrogen-bond acceptors (Lipinski definition) is 4. The molecular weight excluding hydrogens is 367 g/mol. The second-order valence-corrected chi connectivity index (χ2v) is 6.05. The standard InChI is InChI=1S/C17H14Cl2N2O4/c18-11-2-3-13(19)12(8-11)17(23)21-6-5-20-16(22)10-1-4-14-15(7-10)25-9-24-14/h1-4,7-8H,5-6,9H2,(H,20,22)(H,21,23). The van der Waals surface area contributed by atoms with Gasteiger partial charge in [0, 0.05) is 23.7 Å². The van der Waals surface area contributed by atoms with Crippen molar-refractivity contribution in [3.05, 3.63) is 57.6 Å². The SMILES string of the molecule is O=C(NCCNC(=O)c1cc(Cl)ccc1Cl)c1ccc2c(c1)OCO2. The Kier molecular flexibility index (Phi) is 5.31. The molecule has 6 nitrogen and oxygen atoms in total. The van der Waals surface area contributed by atoms with Crippen molar-refractivity contribution in [1.82, 2.24) is 10.6 Å². The number of carbonyl (C=O) groups is 2. The molecule has 0 radical (unpaired) electrons. The largest absolute Gasteiger partial charge is 0.454 e. The maximum atomic E-state index is 12.1. The molecule has 8 heteroatoms. The number of benzene rings is 2.